The van der Waals surface area contributed by atoms with Gasteiger partial charge in [0.15, 0.2) is 0 Å². The standard InChI is InChI=1S/C10H15N5/c1(9-5-12-7-14-9)3-11-4-2-10-6-13-8-15-10/h5-8,11H,1-4H2,(H,12,14)(H,13,15). The lowest BCUT2D eigenvalue weighted by Gasteiger charge is -2.01. The first-order chi connectivity index (χ1) is 7.45. The highest BCUT2D eigenvalue weighted by Crippen LogP contribution is 1.92. The number of hydrogen-bond donors (Lipinski definition) is 3. The summed E-state index contributed by atoms with van der Waals surface area (Å²) in [5.41, 5.74) is 2.20. The van der Waals surface area contributed by atoms with Crippen LogP contribution in [-0.4, -0.2) is 33.0 Å². The predicted molar refractivity (Wildman–Crippen MR) is 57.5 cm³/mol. The van der Waals surface area contributed by atoms with Crippen molar-refractivity contribution in [1.82, 2.24) is 25.3 Å². The van der Waals surface area contributed by atoms with Crippen molar-refractivity contribution in [1.29, 1.82) is 0 Å². The third-order valence-corrected chi connectivity index (χ3v) is 2.23. The maximum absolute atomic E-state index is 4.15. The number of hydrogen-bond acceptors (Lipinski definition) is 3. The highest BCUT2D eigenvalue weighted by Gasteiger charge is 1.95. The van der Waals surface area contributed by atoms with E-state index in [-0.39, 0.29) is 0 Å². The predicted octanol–water partition coefficient (Wildman–Crippen LogP) is 0.508. The molecule has 2 aromatic heterocycles. The molecule has 2 rings (SSSR count). The molecule has 2 aromatic rings. The third-order valence-electron chi connectivity index (χ3n) is 2.23. The minimum Gasteiger partial charge on any atom is -0.351 e. The van der Waals surface area contributed by atoms with Crippen LogP contribution in [0.25, 0.3) is 0 Å². The van der Waals surface area contributed by atoms with Crippen molar-refractivity contribution in [3.8, 4) is 0 Å². The van der Waals surface area contributed by atoms with E-state index in [1.54, 1.807) is 12.7 Å². The van der Waals surface area contributed by atoms with Crippen molar-refractivity contribution in [2.45, 2.75) is 12.8 Å². The second-order valence-electron chi connectivity index (χ2n) is 3.37. The smallest absolute Gasteiger partial charge is 0.0923 e. The molecule has 0 radical (unpaired) electrons. The Balaban J connectivity index is 1.56. The lowest BCUT2D eigenvalue weighted by Crippen LogP contribution is -2.20. The van der Waals surface area contributed by atoms with Gasteiger partial charge in [0.1, 0.15) is 0 Å². The van der Waals surface area contributed by atoms with Gasteiger partial charge in [0.2, 0.25) is 0 Å². The van der Waals surface area contributed by atoms with E-state index >= 15 is 0 Å². The Morgan fingerprint density at radius 1 is 0.933 bits per heavy atom. The van der Waals surface area contributed by atoms with Gasteiger partial charge in [0.05, 0.1) is 24.0 Å². The van der Waals surface area contributed by atoms with Crippen LogP contribution in [0.15, 0.2) is 25.0 Å². The largest absolute Gasteiger partial charge is 0.351 e. The number of H-pyrrole nitrogens is 2. The summed E-state index contributed by atoms with van der Waals surface area (Å²) in [5.74, 6) is 0. The quantitative estimate of drug-likeness (QED) is 0.602. The maximum atomic E-state index is 4.15. The molecule has 0 bridgehead atoms. The third kappa shape index (κ3) is 3.21. The molecule has 0 saturated heterocycles. The van der Waals surface area contributed by atoms with Crippen molar-refractivity contribution in [3.63, 3.8) is 0 Å². The molecular weight excluding hydrogens is 190 g/mol. The van der Waals surface area contributed by atoms with E-state index < -0.39 is 0 Å². The van der Waals surface area contributed by atoms with Crippen molar-refractivity contribution in [2.24, 2.45) is 0 Å². The molecule has 80 valence electrons. The summed E-state index contributed by atoms with van der Waals surface area (Å²) in [6, 6.07) is 0. The SMILES string of the molecule is c1nc(CCNCCc2c[nH]cn2)c[nH]1. The Bertz CT molecular complexity index is 315. The first-order valence-corrected chi connectivity index (χ1v) is 5.11. The Kier molecular flexibility index (Phi) is 3.51. The molecule has 0 saturated carbocycles. The molecule has 5 nitrogen and oxygen atoms in total. The van der Waals surface area contributed by atoms with Crippen molar-refractivity contribution in [3.05, 3.63) is 36.4 Å². The molecule has 0 fully saturated rings. The van der Waals surface area contributed by atoms with Crippen LogP contribution in [0.2, 0.25) is 0 Å². The normalized spacial score (nSPS) is 10.7. The van der Waals surface area contributed by atoms with Crippen LogP contribution in [0, 0.1) is 0 Å². The van der Waals surface area contributed by atoms with Gasteiger partial charge in [-0.25, -0.2) is 9.97 Å². The second kappa shape index (κ2) is 5.31. The lowest BCUT2D eigenvalue weighted by atomic mass is 10.3. The van der Waals surface area contributed by atoms with Crippen molar-refractivity contribution >= 4 is 0 Å². The Labute approximate surface area is 88.4 Å². The van der Waals surface area contributed by atoms with Crippen molar-refractivity contribution in [2.75, 3.05) is 13.1 Å². The molecule has 0 unspecified atom stereocenters. The topological polar surface area (TPSA) is 69.4 Å². The van der Waals surface area contributed by atoms with Crippen molar-refractivity contribution < 1.29 is 0 Å². The van der Waals surface area contributed by atoms with Crippen LogP contribution in [-0.2, 0) is 12.8 Å². The average Bonchev–Trinajstić information content (AvgIpc) is 2.88. The molecule has 0 amide bonds. The molecule has 2 heterocycles. The fourth-order valence-corrected chi connectivity index (χ4v) is 1.41. The Hall–Kier alpha value is -1.62. The molecule has 3 N–H and O–H groups in total. The summed E-state index contributed by atoms with van der Waals surface area (Å²) in [7, 11) is 0. The van der Waals surface area contributed by atoms with E-state index in [1.165, 1.54) is 0 Å². The fraction of sp³-hybridized carbons (Fsp3) is 0.400. The van der Waals surface area contributed by atoms with Gasteiger partial charge in [-0.3, -0.25) is 0 Å². The first-order valence-electron chi connectivity index (χ1n) is 5.11. The molecule has 0 spiro atoms. The van der Waals surface area contributed by atoms with Gasteiger partial charge < -0.3 is 15.3 Å². The van der Waals surface area contributed by atoms with Gasteiger partial charge in [-0.2, -0.15) is 0 Å². The monoisotopic (exact) mass is 205 g/mol. The zero-order chi connectivity index (χ0) is 10.3. The zero-order valence-corrected chi connectivity index (χ0v) is 8.53. The Morgan fingerprint density at radius 2 is 1.47 bits per heavy atom. The number of aromatic nitrogens is 4. The van der Waals surface area contributed by atoms with Crippen LogP contribution < -0.4 is 5.32 Å². The molecule has 0 aliphatic carbocycles. The number of rotatable bonds is 6. The molecule has 15 heavy (non-hydrogen) atoms. The highest BCUT2D eigenvalue weighted by atomic mass is 14.9. The van der Waals surface area contributed by atoms with Gasteiger partial charge >= 0.3 is 0 Å². The van der Waals surface area contributed by atoms with Gasteiger partial charge in [0, 0.05) is 38.3 Å². The summed E-state index contributed by atoms with van der Waals surface area (Å²) in [6.07, 6.45) is 9.19. The summed E-state index contributed by atoms with van der Waals surface area (Å²) >= 11 is 0. The summed E-state index contributed by atoms with van der Waals surface area (Å²) < 4.78 is 0. The number of imidazole rings is 2. The molecular formula is C10H15N5. The van der Waals surface area contributed by atoms with Crippen LogP contribution >= 0.6 is 0 Å². The molecule has 0 atom stereocenters. The first kappa shape index (κ1) is 9.92. The van der Waals surface area contributed by atoms with E-state index in [2.05, 4.69) is 25.3 Å². The van der Waals surface area contributed by atoms with E-state index in [4.69, 9.17) is 0 Å². The molecule has 0 aliphatic rings. The molecule has 5 heteroatoms. The molecule has 0 aliphatic heterocycles. The van der Waals surface area contributed by atoms with E-state index in [1.807, 2.05) is 12.4 Å². The average molecular weight is 205 g/mol. The molecule has 0 aromatic carbocycles. The highest BCUT2D eigenvalue weighted by molar-refractivity contribution is 4.96. The Morgan fingerprint density at radius 3 is 1.87 bits per heavy atom. The van der Waals surface area contributed by atoms with Gasteiger partial charge in [-0.05, 0) is 0 Å². The lowest BCUT2D eigenvalue weighted by molar-refractivity contribution is 0.672. The van der Waals surface area contributed by atoms with Crippen LogP contribution in [0.4, 0.5) is 0 Å². The van der Waals surface area contributed by atoms with Crippen LogP contribution in [0.5, 0.6) is 0 Å². The number of nitrogens with zero attached hydrogens (tertiary/aromatic N) is 2. The fourth-order valence-electron chi connectivity index (χ4n) is 1.41. The van der Waals surface area contributed by atoms with Crippen LogP contribution in [0.3, 0.4) is 0 Å². The number of aromatic amines is 2. The van der Waals surface area contributed by atoms with E-state index in [0.29, 0.717) is 0 Å². The second-order valence-corrected chi connectivity index (χ2v) is 3.37. The van der Waals surface area contributed by atoms with E-state index in [9.17, 15) is 0 Å². The maximum Gasteiger partial charge on any atom is 0.0923 e. The van der Waals surface area contributed by atoms with Gasteiger partial charge in [0.25, 0.3) is 0 Å². The van der Waals surface area contributed by atoms with Crippen LogP contribution in [0.1, 0.15) is 11.4 Å². The summed E-state index contributed by atoms with van der Waals surface area (Å²) in [5, 5.41) is 3.35. The minimum atomic E-state index is 0.954. The minimum absolute atomic E-state index is 0.954. The summed E-state index contributed by atoms with van der Waals surface area (Å²) in [6.45, 7) is 1.91. The number of nitrogens with one attached hydrogen (secondary N) is 3. The van der Waals surface area contributed by atoms with Gasteiger partial charge in [-0.15, -0.1) is 0 Å². The van der Waals surface area contributed by atoms with E-state index in [0.717, 1.165) is 37.3 Å². The van der Waals surface area contributed by atoms with Gasteiger partial charge in [-0.1, -0.05) is 0 Å². The summed E-state index contributed by atoms with van der Waals surface area (Å²) in [4.78, 5) is 14.2. The zero-order valence-electron chi connectivity index (χ0n) is 8.53.